The second-order valence-electron chi connectivity index (χ2n) is 9.48. The molecule has 2 aromatic carbocycles. The molecule has 0 bridgehead atoms. The van der Waals surface area contributed by atoms with E-state index in [-0.39, 0.29) is 0 Å². The molecule has 0 saturated heterocycles. The molecule has 0 unspecified atom stereocenters. The molecule has 0 radical (unpaired) electrons. The van der Waals surface area contributed by atoms with Crippen LogP contribution in [0.2, 0.25) is 0 Å². The summed E-state index contributed by atoms with van der Waals surface area (Å²) in [4.78, 5) is 11.9. The van der Waals surface area contributed by atoms with Crippen LogP contribution in [-0.4, -0.2) is 19.5 Å². The van der Waals surface area contributed by atoms with Crippen molar-refractivity contribution in [2.75, 3.05) is 13.2 Å². The fraction of sp³-hybridized carbons (Fsp3) is 0.485. The van der Waals surface area contributed by atoms with Gasteiger partial charge >= 0.3 is 0 Å². The smallest absolute Gasteiger partial charge is 0.153 e. The minimum Gasteiger partial charge on any atom is -0.493 e. The minimum absolute atomic E-state index is 0.548. The zero-order valence-corrected chi connectivity index (χ0v) is 22.6. The Morgan fingerprint density at radius 2 is 1.11 bits per heavy atom. The maximum absolute atomic E-state index is 11.9. The number of hydrogen-bond acceptors (Lipinski definition) is 3. The summed E-state index contributed by atoms with van der Waals surface area (Å²) < 4.78 is 12.2. The van der Waals surface area contributed by atoms with Crippen LogP contribution in [0.15, 0.2) is 43.0 Å². The number of unbranched alkanes of at least 4 members (excludes halogenated alkanes) is 10. The molecule has 196 valence electrons. The van der Waals surface area contributed by atoms with Gasteiger partial charge in [0.1, 0.15) is 11.5 Å². The average molecular weight is 491 g/mol. The van der Waals surface area contributed by atoms with Gasteiger partial charge in [-0.3, -0.25) is 4.79 Å². The van der Waals surface area contributed by atoms with Gasteiger partial charge < -0.3 is 9.47 Å². The summed E-state index contributed by atoms with van der Waals surface area (Å²) in [7, 11) is 0. The standard InChI is InChI=1S/C33H46O3/c1-4-7-9-11-13-15-23-35-32-26-31(27-34)33(36-24-16-14-12-10-8-5-2)25-30(32)22-21-29-19-17-28(6-3)18-20-29/h6,17-22,25-27H,3-5,7-16,23-24H2,1-2H3/b22-21+. The molecule has 3 nitrogen and oxygen atoms in total. The van der Waals surface area contributed by atoms with Gasteiger partial charge in [0, 0.05) is 5.56 Å². The van der Waals surface area contributed by atoms with E-state index in [2.05, 4.69) is 38.6 Å². The molecule has 0 aliphatic carbocycles. The molecule has 0 aliphatic heterocycles. The Hall–Kier alpha value is -2.81. The predicted octanol–water partition coefficient (Wildman–Crippen LogP) is 9.79. The quantitative estimate of drug-likeness (QED) is 0.105. The van der Waals surface area contributed by atoms with Crippen LogP contribution in [0.1, 0.15) is 118 Å². The molecule has 0 spiro atoms. The Balaban J connectivity index is 2.09. The summed E-state index contributed by atoms with van der Waals surface area (Å²) in [6, 6.07) is 12.0. The van der Waals surface area contributed by atoms with Crippen molar-refractivity contribution in [3.8, 4) is 11.5 Å². The van der Waals surface area contributed by atoms with E-state index in [0.29, 0.717) is 24.5 Å². The number of carbonyl (C=O) groups is 1. The number of aldehydes is 1. The topological polar surface area (TPSA) is 35.5 Å². The molecular weight excluding hydrogens is 444 g/mol. The van der Waals surface area contributed by atoms with Crippen molar-refractivity contribution in [2.24, 2.45) is 0 Å². The molecule has 0 amide bonds. The lowest BCUT2D eigenvalue weighted by molar-refractivity contribution is 0.111. The van der Waals surface area contributed by atoms with Crippen molar-refractivity contribution in [3.63, 3.8) is 0 Å². The van der Waals surface area contributed by atoms with Gasteiger partial charge in [-0.2, -0.15) is 0 Å². The Labute approximate surface area is 219 Å². The Kier molecular flexibility index (Phi) is 15.1. The fourth-order valence-corrected chi connectivity index (χ4v) is 4.12. The molecule has 2 rings (SSSR count). The lowest BCUT2D eigenvalue weighted by Gasteiger charge is -2.14. The van der Waals surface area contributed by atoms with Gasteiger partial charge in [-0.15, -0.1) is 0 Å². The number of ether oxygens (including phenoxy) is 2. The normalized spacial score (nSPS) is 11.1. The monoisotopic (exact) mass is 490 g/mol. The number of rotatable bonds is 20. The summed E-state index contributed by atoms with van der Waals surface area (Å²) >= 11 is 0. The number of carbonyl (C=O) groups excluding carboxylic acids is 1. The third-order valence-electron chi connectivity index (χ3n) is 6.41. The van der Waals surface area contributed by atoms with Crippen molar-refractivity contribution < 1.29 is 14.3 Å². The summed E-state index contributed by atoms with van der Waals surface area (Å²) in [5.74, 6) is 1.36. The van der Waals surface area contributed by atoms with Gasteiger partial charge in [-0.05, 0) is 36.1 Å². The summed E-state index contributed by atoms with van der Waals surface area (Å²) in [6.07, 6.45) is 21.3. The first-order valence-corrected chi connectivity index (χ1v) is 14.0. The zero-order valence-electron chi connectivity index (χ0n) is 22.6. The van der Waals surface area contributed by atoms with Gasteiger partial charge in [0.2, 0.25) is 0 Å². The van der Waals surface area contributed by atoms with Crippen LogP contribution in [0.4, 0.5) is 0 Å². The van der Waals surface area contributed by atoms with Crippen molar-refractivity contribution >= 4 is 24.5 Å². The van der Waals surface area contributed by atoms with Crippen LogP contribution in [-0.2, 0) is 0 Å². The Bertz CT molecular complexity index is 911. The maximum Gasteiger partial charge on any atom is 0.153 e. The van der Waals surface area contributed by atoms with Gasteiger partial charge in [0.15, 0.2) is 6.29 Å². The van der Waals surface area contributed by atoms with Gasteiger partial charge in [0.05, 0.1) is 18.8 Å². The summed E-state index contributed by atoms with van der Waals surface area (Å²) in [6.45, 7) is 9.56. The van der Waals surface area contributed by atoms with E-state index in [1.807, 2.05) is 36.4 Å². The molecule has 0 aromatic heterocycles. The van der Waals surface area contributed by atoms with Gasteiger partial charge in [0.25, 0.3) is 0 Å². The third-order valence-corrected chi connectivity index (χ3v) is 6.41. The lowest BCUT2D eigenvalue weighted by Crippen LogP contribution is -2.04. The van der Waals surface area contributed by atoms with Crippen molar-refractivity contribution in [2.45, 2.75) is 90.9 Å². The highest BCUT2D eigenvalue weighted by molar-refractivity contribution is 5.83. The highest BCUT2D eigenvalue weighted by Crippen LogP contribution is 2.30. The molecule has 0 N–H and O–H groups in total. The minimum atomic E-state index is 0.548. The second-order valence-corrected chi connectivity index (χ2v) is 9.48. The van der Waals surface area contributed by atoms with Crippen LogP contribution in [0.5, 0.6) is 11.5 Å². The Morgan fingerprint density at radius 3 is 1.64 bits per heavy atom. The molecule has 0 fully saturated rings. The molecule has 0 aliphatic rings. The number of hydrogen-bond donors (Lipinski definition) is 0. The first-order valence-electron chi connectivity index (χ1n) is 14.0. The summed E-state index contributed by atoms with van der Waals surface area (Å²) in [5.41, 5.74) is 3.66. The highest BCUT2D eigenvalue weighted by atomic mass is 16.5. The van der Waals surface area contributed by atoms with Crippen LogP contribution in [0, 0.1) is 0 Å². The lowest BCUT2D eigenvalue weighted by atomic mass is 10.1. The first-order chi connectivity index (χ1) is 17.7. The average Bonchev–Trinajstić information content (AvgIpc) is 2.91. The van der Waals surface area contributed by atoms with Crippen molar-refractivity contribution in [1.82, 2.24) is 0 Å². The van der Waals surface area contributed by atoms with Crippen LogP contribution in [0.3, 0.4) is 0 Å². The van der Waals surface area contributed by atoms with Crippen molar-refractivity contribution in [3.05, 3.63) is 65.2 Å². The van der Waals surface area contributed by atoms with Crippen LogP contribution in [0.25, 0.3) is 18.2 Å². The van der Waals surface area contributed by atoms with E-state index in [9.17, 15) is 4.79 Å². The van der Waals surface area contributed by atoms with Crippen LogP contribution >= 0.6 is 0 Å². The van der Waals surface area contributed by atoms with E-state index in [4.69, 9.17) is 9.47 Å². The van der Waals surface area contributed by atoms with Gasteiger partial charge in [-0.1, -0.05) is 127 Å². The number of benzene rings is 2. The highest BCUT2D eigenvalue weighted by Gasteiger charge is 2.11. The van der Waals surface area contributed by atoms with E-state index in [1.165, 1.54) is 57.8 Å². The zero-order chi connectivity index (χ0) is 25.8. The first kappa shape index (κ1) is 29.4. The Morgan fingerprint density at radius 1 is 0.639 bits per heavy atom. The van der Waals surface area contributed by atoms with Crippen LogP contribution < -0.4 is 9.47 Å². The largest absolute Gasteiger partial charge is 0.493 e. The summed E-state index contributed by atoms with van der Waals surface area (Å²) in [5, 5.41) is 0. The van der Waals surface area contributed by atoms with Gasteiger partial charge in [-0.25, -0.2) is 0 Å². The second kappa shape index (κ2) is 18.5. The molecule has 36 heavy (non-hydrogen) atoms. The SMILES string of the molecule is C=Cc1ccc(/C=C/c2cc(OCCCCCCCC)c(C=O)cc2OCCCCCCCC)cc1. The van der Waals surface area contributed by atoms with Crippen molar-refractivity contribution in [1.29, 1.82) is 0 Å². The predicted molar refractivity (Wildman–Crippen MR) is 155 cm³/mol. The molecule has 0 atom stereocenters. The molecule has 0 heterocycles. The van der Waals surface area contributed by atoms with E-state index < -0.39 is 0 Å². The molecule has 0 saturated carbocycles. The molecular formula is C33H46O3. The van der Waals surface area contributed by atoms with E-state index in [0.717, 1.165) is 48.0 Å². The fourth-order valence-electron chi connectivity index (χ4n) is 4.12. The maximum atomic E-state index is 11.9. The van der Waals surface area contributed by atoms with E-state index in [1.54, 1.807) is 0 Å². The molecule has 3 heteroatoms. The third kappa shape index (κ3) is 11.3. The van der Waals surface area contributed by atoms with E-state index >= 15 is 0 Å². The molecule has 2 aromatic rings.